The van der Waals surface area contributed by atoms with Gasteiger partial charge in [0, 0.05) is 63.2 Å². The van der Waals surface area contributed by atoms with E-state index in [1.807, 2.05) is 132 Å². The number of benzene rings is 6. The average molecular weight is 1760 g/mol. The van der Waals surface area contributed by atoms with E-state index in [4.69, 9.17) is 18.9 Å². The molecule has 688 valence electrons. The van der Waals surface area contributed by atoms with Crippen LogP contribution in [0.25, 0.3) is 0 Å². The zero-order valence-corrected chi connectivity index (χ0v) is 77.7. The molecular weight excluding hydrogens is 1630 g/mol. The lowest BCUT2D eigenvalue weighted by molar-refractivity contribution is -0.151. The predicted molar refractivity (Wildman–Crippen MR) is 485 cm³/mol. The minimum absolute atomic E-state index is 0.0257. The summed E-state index contributed by atoms with van der Waals surface area (Å²) in [5.41, 5.74) is 7.46. The van der Waals surface area contributed by atoms with Crippen molar-refractivity contribution in [3.8, 4) is 0 Å². The quantitative estimate of drug-likeness (QED) is 0.0300. The highest BCUT2D eigenvalue weighted by molar-refractivity contribution is 5.96. The molecule has 6 saturated heterocycles. The third-order valence-corrected chi connectivity index (χ3v) is 27.4. The fourth-order valence-corrected chi connectivity index (χ4v) is 19.9. The molecule has 0 bridgehead atoms. The molecule has 0 saturated carbocycles. The number of ether oxygens (including phenoxy) is 4. The van der Waals surface area contributed by atoms with Gasteiger partial charge in [-0.1, -0.05) is 180 Å². The zero-order chi connectivity index (χ0) is 93.0. The number of amides is 4. The summed E-state index contributed by atoms with van der Waals surface area (Å²) in [4.78, 5) is 171. The molecule has 0 spiro atoms. The largest absolute Gasteiger partial charge is 0.469 e. The number of nitrogens with zero attached hydrogens (tertiary/aromatic N) is 6. The highest BCUT2D eigenvalue weighted by atomic mass is 19.1. The van der Waals surface area contributed by atoms with Crippen LogP contribution >= 0.6 is 0 Å². The summed E-state index contributed by atoms with van der Waals surface area (Å²) in [5.74, 6) is -5.68. The number of carbonyl (C=O) groups is 12. The van der Waals surface area contributed by atoms with Crippen molar-refractivity contribution in [2.45, 2.75) is 260 Å². The van der Waals surface area contributed by atoms with Crippen LogP contribution < -0.4 is 9.80 Å². The van der Waals surface area contributed by atoms with Crippen molar-refractivity contribution in [1.29, 1.82) is 0 Å². The molecule has 12 rings (SSSR count). The van der Waals surface area contributed by atoms with Crippen LogP contribution in [0.2, 0.25) is 0 Å². The van der Waals surface area contributed by atoms with E-state index in [1.54, 1.807) is 43.9 Å². The lowest BCUT2D eigenvalue weighted by Crippen LogP contribution is -2.47. The molecule has 12 atom stereocenters. The number of halogens is 2. The molecule has 4 amide bonds. The Morgan fingerprint density at radius 1 is 0.289 bits per heavy atom. The molecule has 0 N–H and O–H groups in total. The van der Waals surface area contributed by atoms with Crippen molar-refractivity contribution >= 4 is 82.0 Å². The SMILES string of the molecule is COC(=O)C[C@H](C(=O)N1CCC[C@H]1C(=O)Cc1ccc([C@@H]2CC[C@@H](c3ccc(CC(=O)[C@@H]4CCCN4C(=O)[C@@H](CC(=O)OC)C(C)(C)C)cc3)N2c2ccc(F)cc2)cc1)C(C)(C)C.COC(=O)C[C@H](C(=O)N1CCC[C@H]1C(=O)Cc1ccc([C@H]2CC[C@H](c3ccc(CC(=O)[C@@H]4CCCN4C(=O)[C@@H](CC(=O)OC)C(C)(C)C)cc3)N2c2ccc(F)cc2)cc1)C(C)(C)C. The maximum Gasteiger partial charge on any atom is 0.306 e. The third kappa shape index (κ3) is 23.8. The molecule has 128 heavy (non-hydrogen) atoms. The van der Waals surface area contributed by atoms with Crippen molar-refractivity contribution in [2.75, 3.05) is 64.4 Å². The Morgan fingerprint density at radius 3 is 0.648 bits per heavy atom. The van der Waals surface area contributed by atoms with Crippen LogP contribution in [0.1, 0.15) is 254 Å². The van der Waals surface area contributed by atoms with Crippen LogP contribution in [0.3, 0.4) is 0 Å². The first kappa shape index (κ1) is 97.8. The fraction of sp³-hybridized carbons (Fsp3) is 0.538. The standard InChI is InChI=1S/2C52H66FN3O8/c2*1-51(2,3)39(31-47(59)63-7)49(61)54-27-9-11-43(54)45(57)29-33-13-17-35(18-14-33)41-25-26-42(56(41)38-23-21-37(53)22-24-38)36-19-15-34(16-20-36)30-46(58)44-12-10-28-55(44)50(62)40(52(4,5)6)32-48(60)64-8/h2*13-24,39-44H,9-12,25-32H2,1-8H3/t39-,40-,41+,42+,43+,44+;39-,40-,41-,42-,43+,44+/m11/s1. The van der Waals surface area contributed by atoms with E-state index in [1.165, 1.54) is 52.7 Å². The van der Waals surface area contributed by atoms with Crippen LogP contribution in [0.4, 0.5) is 20.2 Å². The van der Waals surface area contributed by atoms with Crippen molar-refractivity contribution in [3.63, 3.8) is 0 Å². The number of methoxy groups -OCH3 is 4. The van der Waals surface area contributed by atoms with Gasteiger partial charge in [0.2, 0.25) is 23.6 Å². The lowest BCUT2D eigenvalue weighted by Gasteiger charge is -2.34. The Labute approximate surface area is 754 Å². The Kier molecular flexibility index (Phi) is 32.2. The van der Waals surface area contributed by atoms with Crippen LogP contribution in [0.15, 0.2) is 146 Å². The Bertz CT molecular complexity index is 4360. The van der Waals surface area contributed by atoms with E-state index < -0.39 is 93.4 Å². The average Bonchev–Trinajstić information content (AvgIpc) is 1.63. The number of anilines is 2. The van der Waals surface area contributed by atoms with Gasteiger partial charge >= 0.3 is 23.9 Å². The van der Waals surface area contributed by atoms with Crippen molar-refractivity contribution in [3.05, 3.63) is 202 Å². The maximum absolute atomic E-state index is 14.2. The van der Waals surface area contributed by atoms with Gasteiger partial charge in [-0.15, -0.1) is 0 Å². The number of carbonyl (C=O) groups excluding carboxylic acids is 12. The van der Waals surface area contributed by atoms with E-state index >= 15 is 0 Å². The van der Waals surface area contributed by atoms with E-state index in [0.29, 0.717) is 51.9 Å². The van der Waals surface area contributed by atoms with Crippen LogP contribution in [-0.4, -0.2) is 169 Å². The van der Waals surface area contributed by atoms with E-state index in [-0.39, 0.29) is 134 Å². The van der Waals surface area contributed by atoms with Gasteiger partial charge in [0.1, 0.15) is 11.6 Å². The maximum atomic E-state index is 14.2. The molecule has 24 heteroatoms. The third-order valence-electron chi connectivity index (χ3n) is 27.4. The number of esters is 4. The molecule has 6 aromatic rings. The van der Waals surface area contributed by atoms with E-state index in [9.17, 15) is 66.3 Å². The van der Waals surface area contributed by atoms with Gasteiger partial charge < -0.3 is 48.3 Å². The van der Waals surface area contributed by atoms with Crippen LogP contribution in [-0.2, 0) is 102 Å². The molecule has 0 radical (unpaired) electrons. The van der Waals surface area contributed by atoms with E-state index in [0.717, 1.165) is 107 Å². The molecule has 0 unspecified atom stereocenters. The molecule has 6 aliphatic rings. The summed E-state index contributed by atoms with van der Waals surface area (Å²) in [6.07, 6.45) is 9.12. The van der Waals surface area contributed by atoms with Crippen molar-refractivity contribution < 1.29 is 85.3 Å². The first-order valence-electron chi connectivity index (χ1n) is 45.6. The molecule has 0 aliphatic carbocycles. The molecule has 6 heterocycles. The lowest BCUT2D eigenvalue weighted by atomic mass is 9.77. The predicted octanol–water partition coefficient (Wildman–Crippen LogP) is 17.1. The number of hydrogen-bond acceptors (Lipinski definition) is 18. The smallest absolute Gasteiger partial charge is 0.306 e. The topological polar surface area (TPSA) is 261 Å². The van der Waals surface area contributed by atoms with Gasteiger partial charge in [-0.2, -0.15) is 0 Å². The molecular formula is C104H132F2N6O16. The van der Waals surface area contributed by atoms with Crippen molar-refractivity contribution in [2.24, 2.45) is 45.3 Å². The van der Waals surface area contributed by atoms with Gasteiger partial charge in [0.05, 0.1) is 126 Å². The second kappa shape index (κ2) is 42.2. The van der Waals surface area contributed by atoms with Gasteiger partial charge in [-0.3, -0.25) is 57.5 Å². The minimum Gasteiger partial charge on any atom is -0.469 e. The summed E-state index contributed by atoms with van der Waals surface area (Å²) in [5, 5.41) is 0. The summed E-state index contributed by atoms with van der Waals surface area (Å²) < 4.78 is 48.0. The minimum atomic E-state index is -0.602. The highest BCUT2D eigenvalue weighted by Gasteiger charge is 2.48. The first-order chi connectivity index (χ1) is 60.6. The number of Topliss-reactive ketones (excluding diaryl/α,β-unsaturated/α-hetero) is 4. The number of rotatable bonds is 30. The summed E-state index contributed by atoms with van der Waals surface area (Å²) in [6, 6.07) is 43.1. The normalized spacial score (nSPS) is 21.1. The Morgan fingerprint density at radius 2 is 0.477 bits per heavy atom. The number of hydrogen-bond donors (Lipinski definition) is 0. The second-order valence-electron chi connectivity index (χ2n) is 40.1. The van der Waals surface area contributed by atoms with Gasteiger partial charge in [-0.05, 0) is 192 Å². The fourth-order valence-electron chi connectivity index (χ4n) is 19.9. The molecule has 0 aromatic heterocycles. The van der Waals surface area contributed by atoms with Gasteiger partial charge in [-0.25, -0.2) is 8.78 Å². The first-order valence-corrected chi connectivity index (χ1v) is 45.6. The second-order valence-corrected chi connectivity index (χ2v) is 40.1. The number of ketones is 4. The van der Waals surface area contributed by atoms with Gasteiger partial charge in [0.25, 0.3) is 0 Å². The van der Waals surface area contributed by atoms with Crippen LogP contribution in [0, 0.1) is 57.0 Å². The van der Waals surface area contributed by atoms with Gasteiger partial charge in [0.15, 0.2) is 23.1 Å². The monoisotopic (exact) mass is 1760 g/mol. The summed E-state index contributed by atoms with van der Waals surface area (Å²) in [6.45, 7) is 25.0. The highest BCUT2D eigenvalue weighted by Crippen LogP contribution is 2.50. The summed E-state index contributed by atoms with van der Waals surface area (Å²) in [7, 11) is 5.26. The van der Waals surface area contributed by atoms with E-state index in [2.05, 4.69) is 58.3 Å². The Balaban J connectivity index is 0.000000248. The van der Waals surface area contributed by atoms with Crippen LogP contribution in [0.5, 0.6) is 0 Å². The number of likely N-dealkylation sites (tertiary alicyclic amines) is 4. The molecule has 22 nitrogen and oxygen atoms in total. The molecule has 6 fully saturated rings. The zero-order valence-electron chi connectivity index (χ0n) is 77.7. The molecule has 6 aromatic carbocycles. The Hall–Kier alpha value is -10.8. The van der Waals surface area contributed by atoms with Crippen molar-refractivity contribution in [1.82, 2.24) is 19.6 Å². The summed E-state index contributed by atoms with van der Waals surface area (Å²) >= 11 is 0. The molecule has 6 aliphatic heterocycles.